The summed E-state index contributed by atoms with van der Waals surface area (Å²) < 4.78 is 0. The van der Waals surface area contributed by atoms with Crippen LogP contribution in [0.15, 0.2) is 58.7 Å². The lowest BCUT2D eigenvalue weighted by Gasteiger charge is -2.32. The first-order valence-corrected chi connectivity index (χ1v) is 9.86. The monoisotopic (exact) mass is 374 g/mol. The van der Waals surface area contributed by atoms with Crippen molar-refractivity contribution in [2.45, 2.75) is 73.6 Å². The van der Waals surface area contributed by atoms with Crippen LogP contribution in [-0.4, -0.2) is 22.8 Å². The van der Waals surface area contributed by atoms with Crippen molar-refractivity contribution in [1.82, 2.24) is 0 Å². The quantitative estimate of drug-likeness (QED) is 0.508. The molecule has 152 valence electrons. The topological polar surface area (TPSA) is 57.5 Å². The fraction of sp³-hybridized carbons (Fsp3) is 0.542. The summed E-state index contributed by atoms with van der Waals surface area (Å²) in [6.45, 7) is 13.0. The van der Waals surface area contributed by atoms with Crippen LogP contribution >= 0.6 is 0 Å². The number of aliphatic hydroxyl groups excluding tert-OH is 1. The lowest BCUT2D eigenvalue weighted by atomic mass is 9.72. The van der Waals surface area contributed by atoms with E-state index in [0.717, 1.165) is 12.0 Å². The molecule has 2 N–H and O–H groups in total. The lowest BCUT2D eigenvalue weighted by Crippen LogP contribution is -2.19. The van der Waals surface area contributed by atoms with Gasteiger partial charge in [-0.3, -0.25) is 4.79 Å². The average Bonchev–Trinajstić information content (AvgIpc) is 2.54. The zero-order valence-corrected chi connectivity index (χ0v) is 18.0. The minimum Gasteiger partial charge on any atom is -0.481 e. The van der Waals surface area contributed by atoms with Crippen molar-refractivity contribution in [3.05, 3.63) is 58.7 Å². The van der Waals surface area contributed by atoms with E-state index in [-0.39, 0.29) is 6.61 Å². The molecule has 1 rings (SSSR count). The highest BCUT2D eigenvalue weighted by Gasteiger charge is 2.26. The highest BCUT2D eigenvalue weighted by molar-refractivity contribution is 5.66. The third-order valence-electron chi connectivity index (χ3n) is 4.65. The summed E-state index contributed by atoms with van der Waals surface area (Å²) in [7, 11) is 0. The van der Waals surface area contributed by atoms with Gasteiger partial charge in [-0.1, -0.05) is 73.9 Å². The number of allylic oxidation sites excluding steroid dienone is 9. The average molecular weight is 375 g/mol. The highest BCUT2D eigenvalue weighted by atomic mass is 16.4. The third kappa shape index (κ3) is 11.4. The van der Waals surface area contributed by atoms with Crippen molar-refractivity contribution in [2.75, 3.05) is 6.61 Å². The minimum atomic E-state index is -0.711. The molecule has 0 radical (unpaired) electrons. The van der Waals surface area contributed by atoms with Gasteiger partial charge < -0.3 is 10.2 Å². The molecule has 27 heavy (non-hydrogen) atoms. The molecule has 1 aliphatic rings. The van der Waals surface area contributed by atoms with Crippen molar-refractivity contribution >= 4 is 5.97 Å². The van der Waals surface area contributed by atoms with Gasteiger partial charge in [-0.15, -0.1) is 0 Å². The molecular weight excluding hydrogens is 336 g/mol. The normalized spacial score (nSPS) is 18.0. The number of carboxylic acid groups (broad SMARTS) is 1. The van der Waals surface area contributed by atoms with Crippen LogP contribution in [-0.2, 0) is 4.79 Å². The zero-order chi connectivity index (χ0) is 20.9. The van der Waals surface area contributed by atoms with E-state index in [0.29, 0.717) is 11.8 Å². The Balaban J connectivity index is 0.000000972. The van der Waals surface area contributed by atoms with Crippen LogP contribution in [0.2, 0.25) is 0 Å². The van der Waals surface area contributed by atoms with E-state index in [2.05, 4.69) is 45.9 Å². The van der Waals surface area contributed by atoms with E-state index in [1.54, 1.807) is 6.08 Å². The second kappa shape index (κ2) is 13.3. The molecule has 0 saturated heterocycles. The van der Waals surface area contributed by atoms with E-state index < -0.39 is 5.97 Å². The Morgan fingerprint density at radius 3 is 2.33 bits per heavy atom. The first kappa shape index (κ1) is 25.1. The zero-order valence-electron chi connectivity index (χ0n) is 18.0. The van der Waals surface area contributed by atoms with E-state index in [4.69, 9.17) is 10.2 Å². The number of aliphatic hydroxyl groups is 1. The second-order valence-electron chi connectivity index (χ2n) is 7.81. The number of hydrogen-bond acceptors (Lipinski definition) is 2. The van der Waals surface area contributed by atoms with Crippen LogP contribution in [0, 0.1) is 5.41 Å². The van der Waals surface area contributed by atoms with Gasteiger partial charge in [0.2, 0.25) is 0 Å². The molecule has 3 nitrogen and oxygen atoms in total. The first-order valence-electron chi connectivity index (χ1n) is 9.86. The summed E-state index contributed by atoms with van der Waals surface area (Å²) in [5, 5.41) is 16.7. The Hall–Kier alpha value is -1.87. The lowest BCUT2D eigenvalue weighted by molar-refractivity contribution is -0.137. The number of rotatable bonds is 7. The molecule has 0 spiro atoms. The fourth-order valence-corrected chi connectivity index (χ4v) is 3.06. The third-order valence-corrected chi connectivity index (χ3v) is 4.65. The van der Waals surface area contributed by atoms with Gasteiger partial charge in [0.05, 0.1) is 6.61 Å². The standard InChI is InChI=1S/C20H30O.C4H8O2/c1-16(8-6-9-17(2)13-15-21)11-12-19-18(3)10-7-14-20(19,4)5;1-2-3-4(5)6/h6,8-9,11-13,21H,7,10,14-15H2,1-5H3;2-3H2,1H3,(H,5,6)/b9-6+,12-11+,16-8+,17-13+;. The van der Waals surface area contributed by atoms with E-state index in [1.165, 1.54) is 36.0 Å². The van der Waals surface area contributed by atoms with E-state index in [1.807, 2.05) is 26.0 Å². The molecule has 0 bridgehead atoms. The molecule has 0 amide bonds. The van der Waals surface area contributed by atoms with Crippen molar-refractivity contribution in [3.8, 4) is 0 Å². The molecule has 0 aromatic rings. The van der Waals surface area contributed by atoms with E-state index >= 15 is 0 Å². The summed E-state index contributed by atoms with van der Waals surface area (Å²) >= 11 is 0. The molecule has 0 saturated carbocycles. The highest BCUT2D eigenvalue weighted by Crippen LogP contribution is 2.40. The van der Waals surface area contributed by atoms with Gasteiger partial charge in [-0.2, -0.15) is 0 Å². The largest absolute Gasteiger partial charge is 0.481 e. The van der Waals surface area contributed by atoms with Crippen molar-refractivity contribution < 1.29 is 15.0 Å². The predicted molar refractivity (Wildman–Crippen MR) is 116 cm³/mol. The predicted octanol–water partition coefficient (Wildman–Crippen LogP) is 6.38. The molecule has 0 aromatic heterocycles. The maximum Gasteiger partial charge on any atom is 0.303 e. The Labute approximate surface area is 165 Å². The van der Waals surface area contributed by atoms with Crippen LogP contribution in [0.3, 0.4) is 0 Å². The summed E-state index contributed by atoms with van der Waals surface area (Å²) in [4.78, 5) is 9.60. The van der Waals surface area contributed by atoms with Gasteiger partial charge in [-0.25, -0.2) is 0 Å². The molecule has 0 fully saturated rings. The molecule has 0 heterocycles. The van der Waals surface area contributed by atoms with Crippen LogP contribution in [0.25, 0.3) is 0 Å². The molecule has 0 unspecified atom stereocenters. The molecule has 0 aliphatic heterocycles. The van der Waals surface area contributed by atoms with Crippen molar-refractivity contribution in [1.29, 1.82) is 0 Å². The van der Waals surface area contributed by atoms with Gasteiger partial charge in [-0.05, 0) is 57.4 Å². The summed E-state index contributed by atoms with van der Waals surface area (Å²) in [5.74, 6) is -0.711. The number of carboxylic acids is 1. The minimum absolute atomic E-state index is 0.0985. The van der Waals surface area contributed by atoms with Gasteiger partial charge in [0.1, 0.15) is 0 Å². The SMILES string of the molecule is CC1=C(/C=C/C(C)=C/C=C/C(C)=C/CO)C(C)(C)CCC1.CCCC(=O)O. The molecular formula is C24H38O3. The Bertz CT molecular complexity index is 614. The Kier molecular flexibility index (Phi) is 12.4. The Morgan fingerprint density at radius 2 is 1.85 bits per heavy atom. The van der Waals surface area contributed by atoms with E-state index in [9.17, 15) is 4.79 Å². The van der Waals surface area contributed by atoms with Crippen LogP contribution in [0.4, 0.5) is 0 Å². The van der Waals surface area contributed by atoms with Crippen LogP contribution < -0.4 is 0 Å². The summed E-state index contributed by atoms with van der Waals surface area (Å²) in [5.41, 5.74) is 5.66. The van der Waals surface area contributed by atoms with Gasteiger partial charge in [0, 0.05) is 6.42 Å². The Morgan fingerprint density at radius 1 is 1.19 bits per heavy atom. The van der Waals surface area contributed by atoms with Crippen LogP contribution in [0.1, 0.15) is 73.6 Å². The maximum absolute atomic E-state index is 9.60. The first-order chi connectivity index (χ1) is 12.6. The van der Waals surface area contributed by atoms with Gasteiger partial charge in [0.25, 0.3) is 0 Å². The van der Waals surface area contributed by atoms with Gasteiger partial charge >= 0.3 is 5.97 Å². The fourth-order valence-electron chi connectivity index (χ4n) is 3.06. The molecule has 1 aliphatic carbocycles. The molecule has 3 heteroatoms. The van der Waals surface area contributed by atoms with Crippen molar-refractivity contribution in [2.24, 2.45) is 5.41 Å². The maximum atomic E-state index is 9.60. The van der Waals surface area contributed by atoms with Crippen LogP contribution in [0.5, 0.6) is 0 Å². The second-order valence-corrected chi connectivity index (χ2v) is 7.81. The van der Waals surface area contributed by atoms with Crippen molar-refractivity contribution in [3.63, 3.8) is 0 Å². The number of carbonyl (C=O) groups is 1. The van der Waals surface area contributed by atoms with Gasteiger partial charge in [0.15, 0.2) is 0 Å². The smallest absolute Gasteiger partial charge is 0.303 e. The molecule has 0 atom stereocenters. The molecule has 0 aromatic carbocycles. The summed E-state index contributed by atoms with van der Waals surface area (Å²) in [6.07, 6.45) is 17.3. The number of hydrogen-bond donors (Lipinski definition) is 2. The summed E-state index contributed by atoms with van der Waals surface area (Å²) in [6, 6.07) is 0. The number of aliphatic carboxylic acids is 1.